The second kappa shape index (κ2) is 6.11. The van der Waals surface area contributed by atoms with E-state index in [1.807, 2.05) is 18.2 Å². The lowest BCUT2D eigenvalue weighted by atomic mass is 9.74. The highest BCUT2D eigenvalue weighted by Gasteiger charge is 2.40. The number of carbonyl (C=O) groups excluding carboxylic acids is 1. The van der Waals surface area contributed by atoms with Crippen molar-refractivity contribution in [3.8, 4) is 5.75 Å². The number of nitrogens with one attached hydrogen (secondary N) is 1. The Morgan fingerprint density at radius 3 is 2.67 bits per heavy atom. The molecule has 0 radical (unpaired) electrons. The van der Waals surface area contributed by atoms with Crippen LogP contribution in [-0.2, 0) is 4.79 Å². The van der Waals surface area contributed by atoms with Crippen LogP contribution in [0.2, 0.25) is 0 Å². The molecule has 1 aliphatic carbocycles. The molecule has 126 valence electrons. The maximum Gasteiger partial charge on any atom is 0.305 e. The van der Waals surface area contributed by atoms with Crippen LogP contribution in [-0.4, -0.2) is 34.6 Å². The van der Waals surface area contributed by atoms with E-state index in [-0.39, 0.29) is 12.3 Å². The van der Waals surface area contributed by atoms with Gasteiger partial charge in [0.15, 0.2) is 0 Å². The smallest absolute Gasteiger partial charge is 0.305 e. The average Bonchev–Trinajstić information content (AvgIpc) is 2.50. The zero-order chi connectivity index (χ0) is 17.3. The Kier molecular flexibility index (Phi) is 4.13. The van der Waals surface area contributed by atoms with E-state index in [4.69, 9.17) is 9.84 Å². The van der Waals surface area contributed by atoms with Gasteiger partial charge in [-0.15, -0.1) is 0 Å². The summed E-state index contributed by atoms with van der Waals surface area (Å²) in [6, 6.07) is 7.29. The fraction of sp³-hybridized carbons (Fsp3) is 0.389. The van der Waals surface area contributed by atoms with Crippen LogP contribution in [0.1, 0.15) is 41.7 Å². The molecule has 2 N–H and O–H groups in total. The molecule has 24 heavy (non-hydrogen) atoms. The number of hydrogen-bond acceptors (Lipinski definition) is 4. The predicted molar refractivity (Wildman–Crippen MR) is 89.3 cm³/mol. The minimum absolute atomic E-state index is 0.0456. The Morgan fingerprint density at radius 2 is 2.08 bits per heavy atom. The first kappa shape index (κ1) is 16.2. The minimum Gasteiger partial charge on any atom is -0.497 e. The number of amides is 1. The monoisotopic (exact) mass is 328 g/mol. The fourth-order valence-electron chi connectivity index (χ4n) is 3.15. The summed E-state index contributed by atoms with van der Waals surface area (Å²) >= 11 is 0. The standard InChI is InChI=1S/C18H20N2O4/c1-11-14(8-12-4-5-13(24-2)9-15(12)19-11)17(23)20-18(6-3-7-18)10-16(21)22/h4-5,8-9H,3,6-7,10H2,1-2H3,(H,20,23)(H,21,22). The van der Waals surface area contributed by atoms with Crippen LogP contribution >= 0.6 is 0 Å². The van der Waals surface area contributed by atoms with Gasteiger partial charge in [0.1, 0.15) is 5.75 Å². The lowest BCUT2D eigenvalue weighted by molar-refractivity contribution is -0.139. The topological polar surface area (TPSA) is 88.5 Å². The molecule has 6 nitrogen and oxygen atoms in total. The molecular formula is C18H20N2O4. The number of aryl methyl sites for hydroxylation is 1. The summed E-state index contributed by atoms with van der Waals surface area (Å²) in [4.78, 5) is 28.2. The summed E-state index contributed by atoms with van der Waals surface area (Å²) in [5.41, 5.74) is 1.22. The van der Waals surface area contributed by atoms with Gasteiger partial charge in [-0.3, -0.25) is 14.6 Å². The van der Waals surface area contributed by atoms with E-state index in [1.165, 1.54) is 0 Å². The molecule has 1 heterocycles. The third-order valence-electron chi connectivity index (χ3n) is 4.64. The second-order valence-corrected chi connectivity index (χ2v) is 6.34. The number of rotatable bonds is 5. The van der Waals surface area contributed by atoms with Crippen molar-refractivity contribution in [3.05, 3.63) is 35.5 Å². The number of fused-ring (bicyclic) bond motifs is 1. The van der Waals surface area contributed by atoms with E-state index in [1.54, 1.807) is 20.1 Å². The van der Waals surface area contributed by atoms with Crippen LogP contribution in [0.25, 0.3) is 10.9 Å². The van der Waals surface area contributed by atoms with Crippen molar-refractivity contribution in [2.75, 3.05) is 7.11 Å². The average molecular weight is 328 g/mol. The highest BCUT2D eigenvalue weighted by molar-refractivity contribution is 5.99. The van der Waals surface area contributed by atoms with Gasteiger partial charge < -0.3 is 15.2 Å². The first-order valence-corrected chi connectivity index (χ1v) is 7.92. The molecule has 0 saturated heterocycles. The van der Waals surface area contributed by atoms with Gasteiger partial charge in [0.2, 0.25) is 0 Å². The molecule has 0 spiro atoms. The van der Waals surface area contributed by atoms with Crippen molar-refractivity contribution < 1.29 is 19.4 Å². The highest BCUT2D eigenvalue weighted by Crippen LogP contribution is 2.35. The molecule has 0 bridgehead atoms. The quantitative estimate of drug-likeness (QED) is 0.881. The molecule has 1 saturated carbocycles. The number of pyridine rings is 1. The number of nitrogens with zero attached hydrogens (tertiary/aromatic N) is 1. The van der Waals surface area contributed by atoms with Gasteiger partial charge in [-0.1, -0.05) is 0 Å². The van der Waals surface area contributed by atoms with Crippen LogP contribution in [0.4, 0.5) is 0 Å². The SMILES string of the molecule is COc1ccc2cc(C(=O)NC3(CC(=O)O)CCC3)c(C)nc2c1. The summed E-state index contributed by atoms with van der Waals surface area (Å²) in [7, 11) is 1.59. The summed E-state index contributed by atoms with van der Waals surface area (Å²) in [5, 5.41) is 12.8. The second-order valence-electron chi connectivity index (χ2n) is 6.34. The number of carbonyl (C=O) groups is 2. The Balaban J connectivity index is 1.89. The summed E-state index contributed by atoms with van der Waals surface area (Å²) in [6.07, 6.45) is 2.28. The number of benzene rings is 1. The number of carboxylic acid groups (broad SMARTS) is 1. The van der Waals surface area contributed by atoms with E-state index in [9.17, 15) is 9.59 Å². The molecule has 1 aromatic heterocycles. The van der Waals surface area contributed by atoms with E-state index >= 15 is 0 Å². The van der Waals surface area contributed by atoms with Gasteiger partial charge in [-0.25, -0.2) is 0 Å². The van der Waals surface area contributed by atoms with Crippen molar-refractivity contribution in [1.82, 2.24) is 10.3 Å². The normalized spacial score (nSPS) is 15.6. The minimum atomic E-state index is -0.893. The van der Waals surface area contributed by atoms with Crippen molar-refractivity contribution in [1.29, 1.82) is 0 Å². The number of hydrogen-bond donors (Lipinski definition) is 2. The summed E-state index contributed by atoms with van der Waals surface area (Å²) in [5.74, 6) is -0.449. The van der Waals surface area contributed by atoms with Crippen LogP contribution in [0, 0.1) is 6.92 Å². The van der Waals surface area contributed by atoms with Crippen LogP contribution in [0.5, 0.6) is 5.75 Å². The third-order valence-corrected chi connectivity index (χ3v) is 4.64. The Hall–Kier alpha value is -2.63. The lowest BCUT2D eigenvalue weighted by Crippen LogP contribution is -2.54. The molecule has 0 aliphatic heterocycles. The third kappa shape index (κ3) is 3.04. The van der Waals surface area contributed by atoms with Crippen LogP contribution in [0.15, 0.2) is 24.3 Å². The molecule has 1 aromatic carbocycles. The number of aliphatic carboxylic acids is 1. The molecule has 3 rings (SSSR count). The first-order valence-electron chi connectivity index (χ1n) is 7.92. The zero-order valence-electron chi connectivity index (χ0n) is 13.8. The number of methoxy groups -OCH3 is 1. The predicted octanol–water partition coefficient (Wildman–Crippen LogP) is 2.68. The van der Waals surface area contributed by atoms with Crippen molar-refractivity contribution in [3.63, 3.8) is 0 Å². The Labute approximate surface area is 139 Å². The van der Waals surface area contributed by atoms with E-state index in [0.29, 0.717) is 29.8 Å². The van der Waals surface area contributed by atoms with Crippen LogP contribution in [0.3, 0.4) is 0 Å². The van der Waals surface area contributed by atoms with Gasteiger partial charge in [0.25, 0.3) is 5.91 Å². The van der Waals surface area contributed by atoms with Gasteiger partial charge >= 0.3 is 5.97 Å². The zero-order valence-corrected chi connectivity index (χ0v) is 13.8. The fourth-order valence-corrected chi connectivity index (χ4v) is 3.15. The molecule has 1 fully saturated rings. The van der Waals surface area contributed by atoms with Crippen molar-refractivity contribution >= 4 is 22.8 Å². The number of carboxylic acids is 1. The molecule has 2 aromatic rings. The van der Waals surface area contributed by atoms with Crippen LogP contribution < -0.4 is 10.1 Å². The van der Waals surface area contributed by atoms with E-state index in [0.717, 1.165) is 17.3 Å². The Morgan fingerprint density at radius 1 is 1.33 bits per heavy atom. The molecule has 1 amide bonds. The maximum atomic E-state index is 12.7. The molecule has 0 unspecified atom stereocenters. The van der Waals surface area contributed by atoms with Crippen molar-refractivity contribution in [2.45, 2.75) is 38.1 Å². The van der Waals surface area contributed by atoms with Gasteiger partial charge in [0.05, 0.1) is 35.8 Å². The molecule has 1 aliphatic rings. The molecule has 0 atom stereocenters. The molecule has 6 heteroatoms. The van der Waals surface area contributed by atoms with Gasteiger partial charge in [0, 0.05) is 11.5 Å². The van der Waals surface area contributed by atoms with Gasteiger partial charge in [-0.2, -0.15) is 0 Å². The number of aromatic nitrogens is 1. The lowest BCUT2D eigenvalue weighted by Gasteiger charge is -2.41. The van der Waals surface area contributed by atoms with E-state index < -0.39 is 11.5 Å². The first-order chi connectivity index (χ1) is 11.4. The summed E-state index contributed by atoms with van der Waals surface area (Å²) < 4.78 is 5.19. The number of ether oxygens (including phenoxy) is 1. The van der Waals surface area contributed by atoms with E-state index in [2.05, 4.69) is 10.3 Å². The largest absolute Gasteiger partial charge is 0.497 e. The molecular weight excluding hydrogens is 308 g/mol. The highest BCUT2D eigenvalue weighted by atomic mass is 16.5. The van der Waals surface area contributed by atoms with Gasteiger partial charge in [-0.05, 0) is 44.4 Å². The van der Waals surface area contributed by atoms with Crippen molar-refractivity contribution in [2.24, 2.45) is 0 Å². The Bertz CT molecular complexity index is 812. The summed E-state index contributed by atoms with van der Waals surface area (Å²) in [6.45, 7) is 1.78. The maximum absolute atomic E-state index is 12.7.